The maximum absolute atomic E-state index is 11.7. The highest BCUT2D eigenvalue weighted by atomic mass is 16.3. The van der Waals surface area contributed by atoms with Gasteiger partial charge in [-0.2, -0.15) is 0 Å². The average Bonchev–Trinajstić information content (AvgIpc) is 2.83. The molecule has 4 heteroatoms. The predicted octanol–water partition coefficient (Wildman–Crippen LogP) is 0.924. The molecular formula is C13H18O4. The molecule has 0 aromatic heterocycles. The van der Waals surface area contributed by atoms with E-state index in [2.05, 4.69) is 0 Å². The standard InChI is InChI=1S/C13H18O4/c1-2-11(15)13(17)10-6-5-9(8-10)12(16)4-3-7-14/h5-6,11,14-15H,2-4,7-8H2,1H3. The van der Waals surface area contributed by atoms with Crippen molar-refractivity contribution in [3.05, 3.63) is 23.3 Å². The zero-order valence-corrected chi connectivity index (χ0v) is 9.98. The molecule has 17 heavy (non-hydrogen) atoms. The van der Waals surface area contributed by atoms with Crippen LogP contribution >= 0.6 is 0 Å². The van der Waals surface area contributed by atoms with Crippen LogP contribution in [0.5, 0.6) is 0 Å². The second-order valence-electron chi connectivity index (χ2n) is 4.10. The van der Waals surface area contributed by atoms with Crippen LogP contribution in [-0.4, -0.2) is 34.5 Å². The minimum absolute atomic E-state index is 0.00716. The van der Waals surface area contributed by atoms with E-state index in [1.54, 1.807) is 19.1 Å². The lowest BCUT2D eigenvalue weighted by molar-refractivity contribution is -0.123. The van der Waals surface area contributed by atoms with Crippen molar-refractivity contribution in [2.24, 2.45) is 0 Å². The van der Waals surface area contributed by atoms with Gasteiger partial charge in [-0.05, 0) is 18.4 Å². The molecule has 0 heterocycles. The van der Waals surface area contributed by atoms with Crippen LogP contribution in [0.15, 0.2) is 23.3 Å². The van der Waals surface area contributed by atoms with Crippen molar-refractivity contribution < 1.29 is 19.8 Å². The normalized spacial score (nSPS) is 16.4. The minimum Gasteiger partial charge on any atom is -0.396 e. The zero-order chi connectivity index (χ0) is 12.8. The van der Waals surface area contributed by atoms with Crippen molar-refractivity contribution >= 4 is 11.6 Å². The van der Waals surface area contributed by atoms with Gasteiger partial charge in [0.15, 0.2) is 11.6 Å². The Bertz CT molecular complexity index is 366. The molecule has 0 aromatic carbocycles. The lowest BCUT2D eigenvalue weighted by Gasteiger charge is -2.08. The Morgan fingerprint density at radius 1 is 1.35 bits per heavy atom. The molecule has 1 atom stereocenters. The Hall–Kier alpha value is -1.26. The van der Waals surface area contributed by atoms with Gasteiger partial charge in [0.25, 0.3) is 0 Å². The third-order valence-corrected chi connectivity index (χ3v) is 2.79. The van der Waals surface area contributed by atoms with Crippen LogP contribution in [0.1, 0.15) is 32.6 Å². The summed E-state index contributed by atoms with van der Waals surface area (Å²) >= 11 is 0. The lowest BCUT2D eigenvalue weighted by Crippen LogP contribution is -2.21. The molecule has 4 nitrogen and oxygen atoms in total. The molecule has 1 rings (SSSR count). The number of aliphatic hydroxyl groups is 2. The molecule has 0 amide bonds. The summed E-state index contributed by atoms with van der Waals surface area (Å²) in [6.07, 6.45) is 3.69. The largest absolute Gasteiger partial charge is 0.396 e. The zero-order valence-electron chi connectivity index (χ0n) is 9.98. The fourth-order valence-corrected chi connectivity index (χ4v) is 1.68. The lowest BCUT2D eigenvalue weighted by atomic mass is 9.99. The molecule has 1 aliphatic rings. The summed E-state index contributed by atoms with van der Waals surface area (Å²) in [5.74, 6) is -0.335. The summed E-state index contributed by atoms with van der Waals surface area (Å²) in [6.45, 7) is 1.73. The predicted molar refractivity (Wildman–Crippen MR) is 63.4 cm³/mol. The van der Waals surface area contributed by atoms with Crippen molar-refractivity contribution in [3.63, 3.8) is 0 Å². The first kappa shape index (κ1) is 13.8. The van der Waals surface area contributed by atoms with Gasteiger partial charge in [-0.1, -0.05) is 19.1 Å². The number of aliphatic hydroxyl groups excluding tert-OH is 2. The molecule has 1 aliphatic carbocycles. The van der Waals surface area contributed by atoms with E-state index in [-0.39, 0.29) is 18.2 Å². The van der Waals surface area contributed by atoms with Crippen molar-refractivity contribution in [1.29, 1.82) is 0 Å². The average molecular weight is 238 g/mol. The molecule has 0 spiro atoms. The number of rotatable bonds is 7. The summed E-state index contributed by atoms with van der Waals surface area (Å²) in [5.41, 5.74) is 1.08. The quantitative estimate of drug-likeness (QED) is 0.691. The first-order valence-corrected chi connectivity index (χ1v) is 5.86. The molecule has 0 bridgehead atoms. The first-order valence-electron chi connectivity index (χ1n) is 5.86. The highest BCUT2D eigenvalue weighted by molar-refractivity contribution is 6.04. The third kappa shape index (κ3) is 3.61. The minimum atomic E-state index is -0.971. The smallest absolute Gasteiger partial charge is 0.187 e. The molecule has 1 unspecified atom stereocenters. The van der Waals surface area contributed by atoms with Gasteiger partial charge < -0.3 is 10.2 Å². The van der Waals surface area contributed by atoms with Gasteiger partial charge in [0.05, 0.1) is 0 Å². The molecule has 0 aromatic rings. The van der Waals surface area contributed by atoms with Gasteiger partial charge in [-0.3, -0.25) is 9.59 Å². The summed E-state index contributed by atoms with van der Waals surface area (Å²) in [5, 5.41) is 18.1. The summed E-state index contributed by atoms with van der Waals surface area (Å²) < 4.78 is 0. The molecule has 0 saturated carbocycles. The van der Waals surface area contributed by atoms with E-state index >= 15 is 0 Å². The second kappa shape index (κ2) is 6.47. The van der Waals surface area contributed by atoms with Crippen LogP contribution in [0, 0.1) is 0 Å². The SMILES string of the molecule is CCC(O)C(=O)C1=CC=C(C(=O)CCCO)C1. The highest BCUT2D eigenvalue weighted by Gasteiger charge is 2.23. The molecule has 2 N–H and O–H groups in total. The molecular weight excluding hydrogens is 220 g/mol. The maximum atomic E-state index is 11.7. The monoisotopic (exact) mass is 238 g/mol. The molecule has 0 radical (unpaired) electrons. The van der Waals surface area contributed by atoms with E-state index in [9.17, 15) is 14.7 Å². The molecule has 0 fully saturated rings. The van der Waals surface area contributed by atoms with Gasteiger partial charge >= 0.3 is 0 Å². The van der Waals surface area contributed by atoms with Crippen LogP contribution in [0.4, 0.5) is 0 Å². The second-order valence-corrected chi connectivity index (χ2v) is 4.10. The number of ketones is 2. The Morgan fingerprint density at radius 2 is 2.00 bits per heavy atom. The number of hydrogen-bond acceptors (Lipinski definition) is 4. The highest BCUT2D eigenvalue weighted by Crippen LogP contribution is 2.23. The van der Waals surface area contributed by atoms with Crippen molar-refractivity contribution in [2.45, 2.75) is 38.7 Å². The van der Waals surface area contributed by atoms with Crippen LogP contribution in [0.3, 0.4) is 0 Å². The molecule has 94 valence electrons. The van der Waals surface area contributed by atoms with Crippen LogP contribution in [0.2, 0.25) is 0 Å². The topological polar surface area (TPSA) is 74.6 Å². The number of carbonyl (C=O) groups excluding carboxylic acids is 2. The van der Waals surface area contributed by atoms with E-state index in [4.69, 9.17) is 5.11 Å². The molecule has 0 saturated heterocycles. The number of carbonyl (C=O) groups is 2. The van der Waals surface area contributed by atoms with E-state index in [1.807, 2.05) is 0 Å². The van der Waals surface area contributed by atoms with E-state index in [0.29, 0.717) is 36.8 Å². The molecule has 0 aliphatic heterocycles. The van der Waals surface area contributed by atoms with Gasteiger partial charge in [-0.25, -0.2) is 0 Å². The summed E-state index contributed by atoms with van der Waals surface area (Å²) in [4.78, 5) is 23.3. The Kier molecular flexibility index (Phi) is 5.25. The van der Waals surface area contributed by atoms with Crippen LogP contribution in [-0.2, 0) is 9.59 Å². The fourth-order valence-electron chi connectivity index (χ4n) is 1.68. The number of Topliss-reactive ketones (excluding diaryl/α,β-unsaturated/α-hetero) is 2. The van der Waals surface area contributed by atoms with Crippen molar-refractivity contribution in [2.75, 3.05) is 6.61 Å². The Labute approximate surface area is 101 Å². The Balaban J connectivity index is 2.50. The number of hydrogen-bond donors (Lipinski definition) is 2. The maximum Gasteiger partial charge on any atom is 0.187 e. The van der Waals surface area contributed by atoms with Crippen LogP contribution in [0.25, 0.3) is 0 Å². The van der Waals surface area contributed by atoms with Crippen molar-refractivity contribution in [3.8, 4) is 0 Å². The summed E-state index contributed by atoms with van der Waals surface area (Å²) in [7, 11) is 0. The fraction of sp³-hybridized carbons (Fsp3) is 0.538. The van der Waals surface area contributed by atoms with E-state index < -0.39 is 6.10 Å². The van der Waals surface area contributed by atoms with Gasteiger partial charge in [0, 0.05) is 25.0 Å². The van der Waals surface area contributed by atoms with Gasteiger partial charge in [0.2, 0.25) is 0 Å². The van der Waals surface area contributed by atoms with E-state index in [0.717, 1.165) is 0 Å². The summed E-state index contributed by atoms with van der Waals surface area (Å²) in [6, 6.07) is 0. The van der Waals surface area contributed by atoms with Crippen molar-refractivity contribution in [1.82, 2.24) is 0 Å². The van der Waals surface area contributed by atoms with E-state index in [1.165, 1.54) is 0 Å². The third-order valence-electron chi connectivity index (χ3n) is 2.79. The van der Waals surface area contributed by atoms with Gasteiger partial charge in [-0.15, -0.1) is 0 Å². The first-order chi connectivity index (χ1) is 8.10. The Morgan fingerprint density at radius 3 is 2.59 bits per heavy atom. The number of allylic oxidation sites excluding steroid dienone is 3. The van der Waals surface area contributed by atoms with Crippen LogP contribution < -0.4 is 0 Å². The van der Waals surface area contributed by atoms with Gasteiger partial charge in [0.1, 0.15) is 6.10 Å².